The lowest BCUT2D eigenvalue weighted by atomic mass is 10.0. The van der Waals surface area contributed by atoms with Gasteiger partial charge in [-0.2, -0.15) is 0 Å². The number of hydrogen-bond acceptors (Lipinski definition) is 7. The number of amides is 2. The second-order valence-corrected chi connectivity index (χ2v) is 8.06. The number of nitro groups is 1. The van der Waals surface area contributed by atoms with Gasteiger partial charge < -0.3 is 14.4 Å². The van der Waals surface area contributed by atoms with Gasteiger partial charge in [0, 0.05) is 25.2 Å². The maximum atomic E-state index is 13.6. The summed E-state index contributed by atoms with van der Waals surface area (Å²) < 4.78 is 11.3. The molecule has 2 aliphatic heterocycles. The average molecular weight is 451 g/mol. The molecule has 0 radical (unpaired) electrons. The molecule has 2 heterocycles. The molecule has 172 valence electrons. The molecule has 33 heavy (non-hydrogen) atoms. The second-order valence-electron chi connectivity index (χ2n) is 8.06. The lowest BCUT2D eigenvalue weighted by Crippen LogP contribution is -2.47. The van der Waals surface area contributed by atoms with Crippen molar-refractivity contribution >= 4 is 28.8 Å². The molecule has 4 rings (SSSR count). The van der Waals surface area contributed by atoms with Gasteiger partial charge in [-0.3, -0.25) is 19.7 Å². The van der Waals surface area contributed by atoms with Crippen molar-refractivity contribution in [2.75, 3.05) is 24.6 Å². The Labute approximate surface area is 191 Å². The maximum Gasteiger partial charge on any atom is 0.282 e. The summed E-state index contributed by atoms with van der Waals surface area (Å²) in [5, 5.41) is 11.1. The van der Waals surface area contributed by atoms with Gasteiger partial charge in [0.25, 0.3) is 17.5 Å². The molecule has 0 N–H and O–H groups in total. The Morgan fingerprint density at radius 3 is 2.15 bits per heavy atom. The minimum absolute atomic E-state index is 0.0883. The van der Waals surface area contributed by atoms with Crippen molar-refractivity contribution in [3.63, 3.8) is 0 Å². The molecule has 2 aliphatic rings. The van der Waals surface area contributed by atoms with Crippen LogP contribution in [0.2, 0.25) is 0 Å². The first-order chi connectivity index (χ1) is 15.8. The number of anilines is 1. The largest absolute Gasteiger partial charge is 0.494 e. The number of nitro benzene ring substituents is 1. The number of non-ortho nitro benzene ring substituents is 1. The zero-order valence-corrected chi connectivity index (χ0v) is 18.7. The predicted molar refractivity (Wildman–Crippen MR) is 122 cm³/mol. The molecule has 2 unspecified atom stereocenters. The molecule has 0 aromatic heterocycles. The molecule has 2 atom stereocenters. The third-order valence-electron chi connectivity index (χ3n) is 5.57. The molecule has 1 saturated heterocycles. The molecular formula is C24H25N3O6. The van der Waals surface area contributed by atoms with E-state index in [2.05, 4.69) is 0 Å². The number of rotatable bonds is 6. The van der Waals surface area contributed by atoms with Crippen molar-refractivity contribution in [2.45, 2.75) is 33.0 Å². The molecule has 0 bridgehead atoms. The van der Waals surface area contributed by atoms with Crippen LogP contribution in [0, 0.1) is 10.1 Å². The second kappa shape index (κ2) is 9.03. The Morgan fingerprint density at radius 1 is 1.00 bits per heavy atom. The van der Waals surface area contributed by atoms with E-state index in [1.165, 1.54) is 24.3 Å². The van der Waals surface area contributed by atoms with Gasteiger partial charge in [-0.15, -0.1) is 0 Å². The van der Waals surface area contributed by atoms with Crippen LogP contribution >= 0.6 is 0 Å². The first-order valence-electron chi connectivity index (χ1n) is 10.8. The van der Waals surface area contributed by atoms with Crippen LogP contribution in [0.3, 0.4) is 0 Å². The summed E-state index contributed by atoms with van der Waals surface area (Å²) in [6.07, 6.45) is -0.247. The SMILES string of the molecule is CCOc1ccc(N2C(=O)C(c3ccc([N+](=O)[O-])cc3)=C(N3CC(C)OC(C)C3)C2=O)cc1. The van der Waals surface area contributed by atoms with Gasteiger partial charge in [0.15, 0.2) is 0 Å². The highest BCUT2D eigenvalue weighted by molar-refractivity contribution is 6.45. The van der Waals surface area contributed by atoms with Crippen molar-refractivity contribution in [1.29, 1.82) is 0 Å². The van der Waals surface area contributed by atoms with Crippen LogP contribution in [0.15, 0.2) is 54.2 Å². The van der Waals surface area contributed by atoms with Gasteiger partial charge >= 0.3 is 0 Å². The van der Waals surface area contributed by atoms with Crippen molar-refractivity contribution in [2.24, 2.45) is 0 Å². The van der Waals surface area contributed by atoms with Gasteiger partial charge in [-0.25, -0.2) is 4.90 Å². The van der Waals surface area contributed by atoms with E-state index in [-0.39, 0.29) is 29.2 Å². The Hall–Kier alpha value is -3.72. The normalized spacial score (nSPS) is 21.1. The zero-order valence-electron chi connectivity index (χ0n) is 18.7. The zero-order chi connectivity index (χ0) is 23.7. The topological polar surface area (TPSA) is 102 Å². The summed E-state index contributed by atoms with van der Waals surface area (Å²) in [4.78, 5) is 40.8. The van der Waals surface area contributed by atoms with E-state index in [0.29, 0.717) is 36.7 Å². The number of benzene rings is 2. The van der Waals surface area contributed by atoms with Crippen LogP contribution in [-0.2, 0) is 14.3 Å². The number of morpholine rings is 1. The number of ether oxygens (including phenoxy) is 2. The van der Waals surface area contributed by atoms with E-state index in [1.54, 1.807) is 24.3 Å². The lowest BCUT2D eigenvalue weighted by Gasteiger charge is -2.37. The van der Waals surface area contributed by atoms with Crippen LogP contribution in [0.1, 0.15) is 26.3 Å². The lowest BCUT2D eigenvalue weighted by molar-refractivity contribution is -0.384. The van der Waals surface area contributed by atoms with E-state index in [1.807, 2.05) is 25.7 Å². The molecule has 0 aliphatic carbocycles. The van der Waals surface area contributed by atoms with Crippen LogP contribution in [0.5, 0.6) is 5.75 Å². The van der Waals surface area contributed by atoms with Crippen molar-refractivity contribution in [3.8, 4) is 5.75 Å². The van der Waals surface area contributed by atoms with Gasteiger partial charge in [-0.1, -0.05) is 0 Å². The van der Waals surface area contributed by atoms with Crippen LogP contribution in [-0.4, -0.2) is 53.5 Å². The summed E-state index contributed by atoms with van der Waals surface area (Å²) in [5.74, 6) is -0.265. The molecule has 1 fully saturated rings. The fourth-order valence-corrected chi connectivity index (χ4v) is 4.27. The van der Waals surface area contributed by atoms with E-state index in [9.17, 15) is 19.7 Å². The molecule has 9 heteroatoms. The van der Waals surface area contributed by atoms with Crippen molar-refractivity contribution in [3.05, 3.63) is 69.9 Å². The van der Waals surface area contributed by atoms with Gasteiger partial charge in [0.1, 0.15) is 11.4 Å². The Kier molecular flexibility index (Phi) is 6.15. The average Bonchev–Trinajstić information content (AvgIpc) is 3.04. The van der Waals surface area contributed by atoms with E-state index in [0.717, 1.165) is 4.90 Å². The third kappa shape index (κ3) is 4.31. The van der Waals surface area contributed by atoms with Crippen LogP contribution < -0.4 is 9.64 Å². The summed E-state index contributed by atoms with van der Waals surface area (Å²) in [5.41, 5.74) is 1.30. The smallest absolute Gasteiger partial charge is 0.282 e. The first kappa shape index (κ1) is 22.5. The molecule has 9 nitrogen and oxygen atoms in total. The van der Waals surface area contributed by atoms with Gasteiger partial charge in [0.2, 0.25) is 0 Å². The summed E-state index contributed by atoms with van der Waals surface area (Å²) in [7, 11) is 0. The van der Waals surface area contributed by atoms with Gasteiger partial charge in [0.05, 0.1) is 35.0 Å². The first-order valence-corrected chi connectivity index (χ1v) is 10.8. The Balaban J connectivity index is 1.78. The summed E-state index contributed by atoms with van der Waals surface area (Å²) >= 11 is 0. The quantitative estimate of drug-likeness (QED) is 0.377. The fourth-order valence-electron chi connectivity index (χ4n) is 4.27. The highest BCUT2D eigenvalue weighted by Gasteiger charge is 2.44. The third-order valence-corrected chi connectivity index (χ3v) is 5.57. The van der Waals surface area contributed by atoms with Crippen LogP contribution in [0.25, 0.3) is 5.57 Å². The van der Waals surface area contributed by atoms with Crippen molar-refractivity contribution < 1.29 is 24.0 Å². The standard InChI is InChI=1S/C24H25N3O6/c1-4-32-20-11-9-18(10-12-20)26-23(28)21(17-5-7-19(8-6-17)27(30)31)22(24(26)29)25-13-15(2)33-16(3)14-25/h5-12,15-16H,4,13-14H2,1-3H3. The maximum absolute atomic E-state index is 13.6. The minimum Gasteiger partial charge on any atom is -0.494 e. The molecule has 0 spiro atoms. The van der Waals surface area contributed by atoms with E-state index >= 15 is 0 Å². The van der Waals surface area contributed by atoms with E-state index < -0.39 is 16.7 Å². The minimum atomic E-state index is -0.502. The molecule has 2 aromatic rings. The van der Waals surface area contributed by atoms with E-state index in [4.69, 9.17) is 9.47 Å². The Morgan fingerprint density at radius 2 is 1.61 bits per heavy atom. The van der Waals surface area contributed by atoms with Crippen molar-refractivity contribution in [1.82, 2.24) is 4.90 Å². The summed E-state index contributed by atoms with van der Waals surface area (Å²) in [6.45, 7) is 7.11. The van der Waals surface area contributed by atoms with Gasteiger partial charge in [-0.05, 0) is 62.7 Å². The molecular weight excluding hydrogens is 426 g/mol. The number of nitrogens with zero attached hydrogens (tertiary/aromatic N) is 3. The van der Waals surface area contributed by atoms with Crippen LogP contribution in [0.4, 0.5) is 11.4 Å². The number of imide groups is 1. The number of hydrogen-bond donors (Lipinski definition) is 0. The molecule has 0 saturated carbocycles. The highest BCUT2D eigenvalue weighted by atomic mass is 16.6. The number of carbonyl (C=O) groups excluding carboxylic acids is 2. The Bertz CT molecular complexity index is 1100. The highest BCUT2D eigenvalue weighted by Crippen LogP contribution is 2.36. The predicted octanol–water partition coefficient (Wildman–Crippen LogP) is 3.39. The summed E-state index contributed by atoms with van der Waals surface area (Å²) in [6, 6.07) is 12.4. The molecule has 2 amide bonds. The molecule has 2 aromatic carbocycles. The number of carbonyl (C=O) groups is 2. The monoisotopic (exact) mass is 451 g/mol. The fraction of sp³-hybridized carbons (Fsp3) is 0.333.